The van der Waals surface area contributed by atoms with Crippen LogP contribution in [0.15, 0.2) is 24.5 Å². The van der Waals surface area contributed by atoms with Gasteiger partial charge >= 0.3 is 6.18 Å². The van der Waals surface area contributed by atoms with Gasteiger partial charge in [-0.05, 0) is 99.9 Å². The summed E-state index contributed by atoms with van der Waals surface area (Å²) >= 11 is 2.16. The summed E-state index contributed by atoms with van der Waals surface area (Å²) in [6, 6.07) is 4.17. The van der Waals surface area contributed by atoms with E-state index >= 15 is 0 Å². The van der Waals surface area contributed by atoms with E-state index < -0.39 is 12.0 Å². The van der Waals surface area contributed by atoms with Gasteiger partial charge in [0.15, 0.2) is 0 Å². The van der Waals surface area contributed by atoms with Gasteiger partial charge in [-0.1, -0.05) is 0 Å². The number of aromatic nitrogens is 4. The zero-order chi connectivity index (χ0) is 23.2. The molecule has 4 heterocycles. The molecule has 2 saturated heterocycles. The van der Waals surface area contributed by atoms with E-state index in [1.54, 1.807) is 36.2 Å². The summed E-state index contributed by atoms with van der Waals surface area (Å²) in [6.07, 6.45) is 5.92. The van der Waals surface area contributed by atoms with E-state index in [9.17, 15) is 13.2 Å². The Morgan fingerprint density at radius 3 is 2.27 bits per heavy atom. The first-order valence-electron chi connectivity index (χ1n) is 12.0. The zero-order valence-corrected chi connectivity index (χ0v) is 20.1. The highest BCUT2D eigenvalue weighted by atomic mass is 32.2. The van der Waals surface area contributed by atoms with Crippen LogP contribution in [0.3, 0.4) is 0 Å². The van der Waals surface area contributed by atoms with Crippen molar-refractivity contribution in [2.45, 2.75) is 64.2 Å². The molecule has 6 rings (SSSR count). The second-order valence-corrected chi connectivity index (χ2v) is 11.4. The molecule has 2 aromatic heterocycles. The fourth-order valence-electron chi connectivity index (χ4n) is 5.42. The Kier molecular flexibility index (Phi) is 6.22. The Hall–Kier alpha value is -1.61. The molecule has 2 atom stereocenters. The van der Waals surface area contributed by atoms with Crippen molar-refractivity contribution in [2.75, 3.05) is 24.6 Å². The first kappa shape index (κ1) is 23.1. The number of thioether (sulfide) groups is 1. The fraction of sp³-hybridized carbons (Fsp3) is 0.708. The topological polar surface area (TPSA) is 46.8 Å². The second-order valence-electron chi connectivity index (χ2n) is 10.4. The van der Waals surface area contributed by atoms with E-state index in [1.807, 2.05) is 13.8 Å². The number of piperidine rings is 1. The number of hydrogen-bond donors (Lipinski definition) is 0. The summed E-state index contributed by atoms with van der Waals surface area (Å²) in [7, 11) is 0. The average molecular weight is 480 g/mol. The monoisotopic (exact) mass is 479 g/mol. The minimum absolute atomic E-state index is 0.141. The van der Waals surface area contributed by atoms with Crippen LogP contribution in [-0.4, -0.2) is 55.3 Å². The van der Waals surface area contributed by atoms with E-state index in [0.29, 0.717) is 5.69 Å². The molecule has 9 heteroatoms. The summed E-state index contributed by atoms with van der Waals surface area (Å²) in [5, 5.41) is 4.16. The van der Waals surface area contributed by atoms with Crippen molar-refractivity contribution in [1.82, 2.24) is 24.6 Å². The van der Waals surface area contributed by atoms with E-state index in [1.165, 1.54) is 43.5 Å². The van der Waals surface area contributed by atoms with Crippen molar-refractivity contribution in [3.63, 3.8) is 0 Å². The molecule has 0 bridgehead atoms. The fourth-order valence-corrected chi connectivity index (χ4v) is 6.78. The molecular weight excluding hydrogens is 447 g/mol. The van der Waals surface area contributed by atoms with E-state index in [0.717, 1.165) is 29.5 Å². The third-order valence-corrected chi connectivity index (χ3v) is 9.35. The molecule has 0 aromatic carbocycles. The lowest BCUT2D eigenvalue weighted by Gasteiger charge is -2.48. The Morgan fingerprint density at radius 1 is 1.03 bits per heavy atom. The lowest BCUT2D eigenvalue weighted by atomic mass is 9.80. The number of nitrogens with zero attached hydrogens (tertiary/aromatic N) is 5. The van der Waals surface area contributed by atoms with Gasteiger partial charge in [-0.3, -0.25) is 4.68 Å². The minimum Gasteiger partial charge on any atom is -0.300 e. The van der Waals surface area contributed by atoms with Crippen LogP contribution in [0.5, 0.6) is 0 Å². The maximum absolute atomic E-state index is 12.5. The average Bonchev–Trinajstić information content (AvgIpc) is 3.16. The maximum Gasteiger partial charge on any atom is 0.451 e. The number of alkyl halides is 3. The van der Waals surface area contributed by atoms with Crippen LogP contribution in [0.1, 0.15) is 57.8 Å². The van der Waals surface area contributed by atoms with Gasteiger partial charge in [-0.25, -0.2) is 9.97 Å². The van der Waals surface area contributed by atoms with E-state index in [-0.39, 0.29) is 11.7 Å². The highest BCUT2D eigenvalue weighted by Gasteiger charge is 2.49. The van der Waals surface area contributed by atoms with Gasteiger partial charge in [0, 0.05) is 24.5 Å². The Bertz CT molecular complexity index is 951. The quantitative estimate of drug-likeness (QED) is 0.577. The largest absolute Gasteiger partial charge is 0.451 e. The molecule has 0 radical (unpaired) electrons. The molecule has 5 nitrogen and oxygen atoms in total. The van der Waals surface area contributed by atoms with Crippen molar-refractivity contribution in [3.8, 4) is 11.4 Å². The molecule has 33 heavy (non-hydrogen) atoms. The minimum atomic E-state index is -4.55. The standard InChI is InChI=1S/C13H21NS.C11H11F3N4/c1-3-14(4-2-13(1)8-15-9-13)12-6-10-5-11(10)7-12;1-7(2)18-6-4-9(17-18)8-3-5-15-10(16-8)11(12,13)14/h10-12H,1-9H2;3-7H,1-2H3. The molecule has 1 spiro atoms. The highest BCUT2D eigenvalue weighted by molar-refractivity contribution is 8.00. The van der Waals surface area contributed by atoms with Gasteiger partial charge in [0.1, 0.15) is 5.69 Å². The Balaban J connectivity index is 0.000000140. The second kappa shape index (κ2) is 8.87. The van der Waals surface area contributed by atoms with Gasteiger partial charge in [0.05, 0.1) is 5.69 Å². The summed E-state index contributed by atoms with van der Waals surface area (Å²) in [5.41, 5.74) is 1.37. The zero-order valence-electron chi connectivity index (χ0n) is 19.3. The van der Waals surface area contributed by atoms with E-state index in [2.05, 4.69) is 31.7 Å². The maximum atomic E-state index is 12.5. The van der Waals surface area contributed by atoms with Gasteiger partial charge in [-0.15, -0.1) is 0 Å². The SMILES string of the molecule is C1C2CC(N3CCC4(CC3)CSC4)CC12.CC(C)n1ccc(-c2ccnc(C(F)(F)F)n2)n1. The Labute approximate surface area is 197 Å². The molecule has 4 aliphatic rings. The number of halogens is 3. The molecular formula is C24H32F3N5S. The van der Waals surface area contributed by atoms with Crippen molar-refractivity contribution in [1.29, 1.82) is 0 Å². The van der Waals surface area contributed by atoms with Crippen molar-refractivity contribution in [2.24, 2.45) is 17.3 Å². The first-order valence-corrected chi connectivity index (χ1v) is 13.2. The predicted molar refractivity (Wildman–Crippen MR) is 124 cm³/mol. The van der Waals surface area contributed by atoms with Crippen LogP contribution in [-0.2, 0) is 6.18 Å². The summed E-state index contributed by atoms with van der Waals surface area (Å²) in [4.78, 5) is 9.52. The first-order chi connectivity index (χ1) is 15.7. The molecule has 4 fully saturated rings. The number of likely N-dealkylation sites (tertiary alicyclic amines) is 1. The summed E-state index contributed by atoms with van der Waals surface area (Å²) < 4.78 is 39.1. The van der Waals surface area contributed by atoms with Gasteiger partial charge in [-0.2, -0.15) is 30.0 Å². The third kappa shape index (κ3) is 5.09. The third-order valence-electron chi connectivity index (χ3n) is 7.72. The lowest BCUT2D eigenvalue weighted by molar-refractivity contribution is -0.144. The molecule has 2 unspecified atom stereocenters. The molecule has 0 amide bonds. The predicted octanol–water partition coefficient (Wildman–Crippen LogP) is 5.55. The lowest BCUT2D eigenvalue weighted by Crippen LogP contribution is -2.49. The van der Waals surface area contributed by atoms with Crippen LogP contribution >= 0.6 is 11.8 Å². The van der Waals surface area contributed by atoms with Crippen LogP contribution in [0.2, 0.25) is 0 Å². The van der Waals surface area contributed by atoms with E-state index in [4.69, 9.17) is 0 Å². The van der Waals surface area contributed by atoms with Gasteiger partial charge < -0.3 is 4.90 Å². The van der Waals surface area contributed by atoms with Crippen molar-refractivity contribution in [3.05, 3.63) is 30.4 Å². The van der Waals surface area contributed by atoms with Crippen LogP contribution in [0.4, 0.5) is 13.2 Å². The van der Waals surface area contributed by atoms with Crippen molar-refractivity contribution >= 4 is 11.8 Å². The van der Waals surface area contributed by atoms with Crippen LogP contribution in [0.25, 0.3) is 11.4 Å². The normalized spacial score (nSPS) is 28.2. The van der Waals surface area contributed by atoms with Crippen LogP contribution in [0, 0.1) is 17.3 Å². The van der Waals surface area contributed by atoms with Gasteiger partial charge in [0.25, 0.3) is 0 Å². The van der Waals surface area contributed by atoms with Crippen LogP contribution < -0.4 is 0 Å². The van der Waals surface area contributed by atoms with Crippen molar-refractivity contribution < 1.29 is 13.2 Å². The number of rotatable bonds is 3. The molecule has 0 N–H and O–H groups in total. The molecule has 2 aromatic rings. The Morgan fingerprint density at radius 2 is 1.73 bits per heavy atom. The molecule has 180 valence electrons. The molecule has 2 aliphatic heterocycles. The highest BCUT2D eigenvalue weighted by Crippen LogP contribution is 2.54. The summed E-state index contributed by atoms with van der Waals surface area (Å²) in [6.45, 7) is 6.70. The smallest absolute Gasteiger partial charge is 0.300 e. The number of hydrogen-bond acceptors (Lipinski definition) is 5. The summed E-state index contributed by atoms with van der Waals surface area (Å²) in [5.74, 6) is 4.10. The molecule has 2 saturated carbocycles. The molecule has 2 aliphatic carbocycles. The van der Waals surface area contributed by atoms with Gasteiger partial charge in [0.2, 0.25) is 5.82 Å². The number of fused-ring (bicyclic) bond motifs is 1.